The van der Waals surface area contributed by atoms with E-state index in [4.69, 9.17) is 0 Å². The van der Waals surface area contributed by atoms with Crippen LogP contribution in [0.4, 0.5) is 0 Å². The first-order valence-corrected chi connectivity index (χ1v) is 8.79. The lowest BCUT2D eigenvalue weighted by atomic mass is 9.98. The molecule has 1 saturated heterocycles. The average molecular weight is 495 g/mol. The summed E-state index contributed by atoms with van der Waals surface area (Å²) in [5.74, 6) is 1.58. The summed E-state index contributed by atoms with van der Waals surface area (Å²) in [7, 11) is 4.03. The quantitative estimate of drug-likeness (QED) is 0.381. The van der Waals surface area contributed by atoms with E-state index in [0.29, 0.717) is 5.92 Å². The highest BCUT2D eigenvalue weighted by atomic mass is 127. The minimum atomic E-state index is 0. The number of benzene rings is 1. The van der Waals surface area contributed by atoms with Crippen LogP contribution < -0.4 is 10.6 Å². The first kappa shape index (κ1) is 20.7. The van der Waals surface area contributed by atoms with Crippen molar-refractivity contribution in [1.82, 2.24) is 15.5 Å². The van der Waals surface area contributed by atoms with Crippen LogP contribution in [-0.4, -0.2) is 44.6 Å². The summed E-state index contributed by atoms with van der Waals surface area (Å²) in [5.41, 5.74) is 1.24. The zero-order chi connectivity index (χ0) is 15.9. The number of nitrogens with zero attached hydrogens (tertiary/aromatic N) is 2. The summed E-state index contributed by atoms with van der Waals surface area (Å²) >= 11 is 3.61. The van der Waals surface area contributed by atoms with E-state index in [0.717, 1.165) is 17.0 Å². The number of hydrogen-bond acceptors (Lipinski definition) is 2. The van der Waals surface area contributed by atoms with Gasteiger partial charge < -0.3 is 15.5 Å². The second kappa shape index (κ2) is 10.5. The molecule has 130 valence electrons. The highest BCUT2D eigenvalue weighted by Crippen LogP contribution is 2.22. The fraction of sp³-hybridized carbons (Fsp3) is 0.588. The van der Waals surface area contributed by atoms with Crippen LogP contribution >= 0.6 is 39.9 Å². The van der Waals surface area contributed by atoms with Crippen molar-refractivity contribution in [3.63, 3.8) is 0 Å². The number of likely N-dealkylation sites (tertiary alicyclic amines) is 1. The number of halogens is 2. The van der Waals surface area contributed by atoms with Gasteiger partial charge in [0.05, 0.1) is 6.04 Å². The number of aliphatic imine (C=N–C) groups is 1. The molecule has 1 aliphatic rings. The summed E-state index contributed by atoms with van der Waals surface area (Å²) < 4.78 is 1.12. The molecule has 0 saturated carbocycles. The molecule has 2 atom stereocenters. The number of nitrogens with one attached hydrogen (secondary N) is 2. The number of rotatable bonds is 4. The average Bonchev–Trinajstić information content (AvgIpc) is 2.51. The number of piperidine rings is 1. The highest BCUT2D eigenvalue weighted by molar-refractivity contribution is 14.0. The van der Waals surface area contributed by atoms with Crippen LogP contribution in [0.2, 0.25) is 0 Å². The second-order valence-corrected chi connectivity index (χ2v) is 6.97. The topological polar surface area (TPSA) is 39.7 Å². The largest absolute Gasteiger partial charge is 0.356 e. The molecular weight excluding hydrogens is 467 g/mol. The van der Waals surface area contributed by atoms with E-state index >= 15 is 0 Å². The van der Waals surface area contributed by atoms with Crippen LogP contribution in [0.5, 0.6) is 0 Å². The third kappa shape index (κ3) is 6.58. The van der Waals surface area contributed by atoms with E-state index in [1.54, 1.807) is 0 Å². The fourth-order valence-electron chi connectivity index (χ4n) is 2.98. The number of hydrogen-bond donors (Lipinski definition) is 2. The Labute approximate surface area is 165 Å². The van der Waals surface area contributed by atoms with Gasteiger partial charge in [-0.15, -0.1) is 24.0 Å². The van der Waals surface area contributed by atoms with Crippen molar-refractivity contribution in [3.05, 3.63) is 34.3 Å². The summed E-state index contributed by atoms with van der Waals surface area (Å²) in [5, 5.41) is 6.95. The van der Waals surface area contributed by atoms with Crippen molar-refractivity contribution in [2.24, 2.45) is 10.9 Å². The Morgan fingerprint density at radius 2 is 2.17 bits per heavy atom. The summed E-state index contributed by atoms with van der Waals surface area (Å²) in [6, 6.07) is 8.50. The standard InChI is InChI=1S/C17H27BrN4.HI/c1-13(15-8-4-5-9-16(15)18)21-17(19-2)20-11-14-7-6-10-22(3)12-14;/h4-5,8-9,13-14H,6-7,10-12H2,1-3H3,(H2,19,20,21);1H. The molecule has 0 amide bonds. The van der Waals surface area contributed by atoms with E-state index in [2.05, 4.69) is 68.6 Å². The SMILES string of the molecule is CN=C(NCC1CCCN(C)C1)NC(C)c1ccccc1Br.I. The molecule has 2 unspecified atom stereocenters. The maximum Gasteiger partial charge on any atom is 0.191 e. The van der Waals surface area contributed by atoms with E-state index < -0.39 is 0 Å². The van der Waals surface area contributed by atoms with Crippen LogP contribution in [0.15, 0.2) is 33.7 Å². The first-order chi connectivity index (χ1) is 10.6. The van der Waals surface area contributed by atoms with Gasteiger partial charge in [-0.1, -0.05) is 34.1 Å². The van der Waals surface area contributed by atoms with Gasteiger partial charge in [0, 0.05) is 24.6 Å². The molecule has 0 radical (unpaired) electrons. The fourth-order valence-corrected chi connectivity index (χ4v) is 3.61. The van der Waals surface area contributed by atoms with Crippen LogP contribution in [0.1, 0.15) is 31.4 Å². The molecule has 2 rings (SSSR count). The molecule has 0 bridgehead atoms. The van der Waals surface area contributed by atoms with Crippen molar-refractivity contribution in [1.29, 1.82) is 0 Å². The Hall–Kier alpha value is -0.340. The Kier molecular flexibility index (Phi) is 9.46. The maximum absolute atomic E-state index is 4.35. The third-order valence-corrected chi connectivity index (χ3v) is 4.95. The lowest BCUT2D eigenvalue weighted by Crippen LogP contribution is -2.44. The van der Waals surface area contributed by atoms with Gasteiger partial charge in [-0.05, 0) is 50.9 Å². The first-order valence-electron chi connectivity index (χ1n) is 8.00. The van der Waals surface area contributed by atoms with E-state index in [1.807, 2.05) is 13.1 Å². The lowest BCUT2D eigenvalue weighted by molar-refractivity contribution is 0.210. The van der Waals surface area contributed by atoms with Crippen molar-refractivity contribution >= 4 is 45.9 Å². The third-order valence-electron chi connectivity index (χ3n) is 4.23. The van der Waals surface area contributed by atoms with Crippen molar-refractivity contribution in [3.8, 4) is 0 Å². The molecule has 0 spiro atoms. The monoisotopic (exact) mass is 494 g/mol. The molecule has 4 nitrogen and oxygen atoms in total. The summed E-state index contributed by atoms with van der Waals surface area (Å²) in [4.78, 5) is 6.76. The highest BCUT2D eigenvalue weighted by Gasteiger charge is 2.18. The molecule has 0 aliphatic carbocycles. The summed E-state index contributed by atoms with van der Waals surface area (Å²) in [6.07, 6.45) is 2.59. The molecule has 1 heterocycles. The molecule has 0 aromatic heterocycles. The Balaban J connectivity index is 0.00000264. The predicted molar refractivity (Wildman–Crippen MR) is 113 cm³/mol. The predicted octanol–water partition coefficient (Wildman–Crippen LogP) is 3.63. The van der Waals surface area contributed by atoms with Gasteiger partial charge in [-0.3, -0.25) is 4.99 Å². The minimum Gasteiger partial charge on any atom is -0.356 e. The van der Waals surface area contributed by atoms with E-state index in [1.165, 1.54) is 31.5 Å². The molecule has 1 aromatic rings. The number of guanidine groups is 1. The maximum atomic E-state index is 4.35. The normalized spacial score (nSPS) is 20.5. The second-order valence-electron chi connectivity index (χ2n) is 6.11. The van der Waals surface area contributed by atoms with Crippen LogP contribution in [0.25, 0.3) is 0 Å². The van der Waals surface area contributed by atoms with Gasteiger partial charge >= 0.3 is 0 Å². The van der Waals surface area contributed by atoms with Gasteiger partial charge in [-0.25, -0.2) is 0 Å². The van der Waals surface area contributed by atoms with Crippen molar-refractivity contribution < 1.29 is 0 Å². The van der Waals surface area contributed by atoms with Crippen LogP contribution in [0.3, 0.4) is 0 Å². The van der Waals surface area contributed by atoms with Crippen molar-refractivity contribution in [2.45, 2.75) is 25.8 Å². The molecule has 1 fully saturated rings. The molecule has 2 N–H and O–H groups in total. The zero-order valence-corrected chi connectivity index (χ0v) is 18.1. The summed E-state index contributed by atoms with van der Waals surface area (Å²) in [6.45, 7) is 5.53. The van der Waals surface area contributed by atoms with Gasteiger partial charge in [0.15, 0.2) is 5.96 Å². The lowest BCUT2D eigenvalue weighted by Gasteiger charge is -2.30. The van der Waals surface area contributed by atoms with Gasteiger partial charge in [0.2, 0.25) is 0 Å². The van der Waals surface area contributed by atoms with Crippen molar-refractivity contribution in [2.75, 3.05) is 33.7 Å². The zero-order valence-electron chi connectivity index (χ0n) is 14.2. The van der Waals surface area contributed by atoms with Crippen LogP contribution in [-0.2, 0) is 0 Å². The van der Waals surface area contributed by atoms with Gasteiger partial charge in [0.25, 0.3) is 0 Å². The Morgan fingerprint density at radius 3 is 2.83 bits per heavy atom. The van der Waals surface area contributed by atoms with Crippen LogP contribution in [0, 0.1) is 5.92 Å². The van der Waals surface area contributed by atoms with Gasteiger partial charge in [0.1, 0.15) is 0 Å². The Bertz CT molecular complexity index is 509. The van der Waals surface area contributed by atoms with Gasteiger partial charge in [-0.2, -0.15) is 0 Å². The Morgan fingerprint density at radius 1 is 1.43 bits per heavy atom. The smallest absolute Gasteiger partial charge is 0.191 e. The van der Waals surface area contributed by atoms with E-state index in [-0.39, 0.29) is 30.0 Å². The van der Waals surface area contributed by atoms with E-state index in [9.17, 15) is 0 Å². The molecule has 1 aromatic carbocycles. The molecular formula is C17H28BrIN4. The minimum absolute atomic E-state index is 0. The molecule has 1 aliphatic heterocycles. The molecule has 6 heteroatoms. The molecule has 23 heavy (non-hydrogen) atoms.